The Kier molecular flexibility index (Phi) is 7.67. The minimum atomic E-state index is -5.20. The molecule has 0 aromatic rings. The van der Waals surface area contributed by atoms with Gasteiger partial charge in [0.2, 0.25) is 0 Å². The van der Waals surface area contributed by atoms with E-state index in [9.17, 15) is 25.6 Å². The Morgan fingerprint density at radius 3 is 1.76 bits per heavy atom. The summed E-state index contributed by atoms with van der Waals surface area (Å²) in [5.41, 5.74) is 0. The van der Waals surface area contributed by atoms with E-state index in [1.165, 1.54) is 0 Å². The Morgan fingerprint density at radius 2 is 1.43 bits per heavy atom. The molecule has 0 bridgehead atoms. The third-order valence-corrected chi connectivity index (χ3v) is 13.7. The zero-order valence-electron chi connectivity index (χ0n) is 12.9. The molecule has 130 valence electrons. The minimum absolute atomic E-state index is 0.147. The number of alkyl halides is 2. The molecule has 0 heterocycles. The molecule has 21 heavy (non-hydrogen) atoms. The van der Waals surface area contributed by atoms with Gasteiger partial charge in [-0.05, 0) is 0 Å². The van der Waals surface area contributed by atoms with Crippen molar-refractivity contribution in [2.45, 2.75) is 39.4 Å². The average molecular weight is 369 g/mol. The van der Waals surface area contributed by atoms with Crippen molar-refractivity contribution in [2.75, 3.05) is 30.4 Å². The van der Waals surface area contributed by atoms with E-state index in [1.807, 2.05) is 0 Å². The van der Waals surface area contributed by atoms with Crippen LogP contribution in [0.5, 0.6) is 0 Å². The first-order valence-electron chi connectivity index (χ1n) is 6.98. The van der Waals surface area contributed by atoms with Crippen LogP contribution < -0.4 is 4.13 Å². The molecule has 0 aliphatic rings. The standard InChI is InChI=1S/C11H26F2NO4PS2/c1-5-19(6-2,7-3)9-8-10-20(15,16)14-21(17,18)11(4,12)13/h14,19H,5-10H2,1-4H3. The van der Waals surface area contributed by atoms with Crippen molar-refractivity contribution >= 4 is 27.3 Å². The van der Waals surface area contributed by atoms with Gasteiger partial charge in [-0.15, -0.1) is 0 Å². The van der Waals surface area contributed by atoms with E-state index < -0.39 is 38.3 Å². The van der Waals surface area contributed by atoms with Gasteiger partial charge < -0.3 is 0 Å². The van der Waals surface area contributed by atoms with Crippen molar-refractivity contribution in [3.05, 3.63) is 0 Å². The number of halogens is 2. The Morgan fingerprint density at radius 1 is 1.00 bits per heavy atom. The first-order valence-corrected chi connectivity index (χ1v) is 12.9. The van der Waals surface area contributed by atoms with Crippen molar-refractivity contribution in [2.24, 2.45) is 0 Å². The van der Waals surface area contributed by atoms with E-state index in [0.29, 0.717) is 6.42 Å². The summed E-state index contributed by atoms with van der Waals surface area (Å²) in [6.07, 6.45) is 4.12. The van der Waals surface area contributed by atoms with Gasteiger partial charge in [0.05, 0.1) is 0 Å². The molecular formula is C11H26F2NO4PS2. The zero-order valence-corrected chi connectivity index (χ0v) is 15.6. The van der Waals surface area contributed by atoms with Gasteiger partial charge in [0.15, 0.2) is 0 Å². The second-order valence-electron chi connectivity index (χ2n) is 5.38. The quantitative estimate of drug-likeness (QED) is 0.598. The van der Waals surface area contributed by atoms with Crippen LogP contribution in [0.15, 0.2) is 0 Å². The number of nitrogens with one attached hydrogen (secondary N) is 1. The van der Waals surface area contributed by atoms with Gasteiger partial charge >= 0.3 is 127 Å². The van der Waals surface area contributed by atoms with Gasteiger partial charge in [-0.25, -0.2) is 0 Å². The number of hydrogen-bond donors (Lipinski definition) is 1. The molecule has 5 nitrogen and oxygen atoms in total. The van der Waals surface area contributed by atoms with Gasteiger partial charge in [-0.2, -0.15) is 0 Å². The normalized spacial score (nSPS) is 15.1. The van der Waals surface area contributed by atoms with E-state index >= 15 is 0 Å². The van der Waals surface area contributed by atoms with Gasteiger partial charge in [0.25, 0.3) is 0 Å². The van der Waals surface area contributed by atoms with E-state index in [2.05, 4.69) is 20.8 Å². The van der Waals surface area contributed by atoms with E-state index in [0.717, 1.165) is 28.8 Å². The summed E-state index contributed by atoms with van der Waals surface area (Å²) < 4.78 is 72.3. The van der Waals surface area contributed by atoms with Crippen molar-refractivity contribution in [1.82, 2.24) is 4.13 Å². The number of hydrogen-bond acceptors (Lipinski definition) is 4. The van der Waals surface area contributed by atoms with Gasteiger partial charge in [-0.3, -0.25) is 0 Å². The van der Waals surface area contributed by atoms with Crippen LogP contribution >= 0.6 is 7.26 Å². The first kappa shape index (κ1) is 21.1. The SMILES string of the molecule is CC[PH](CC)(CC)CCCS(=O)(=O)NS(=O)(=O)C(C)(F)F. The zero-order chi connectivity index (χ0) is 16.9. The third-order valence-electron chi connectivity index (χ3n) is 4.08. The Labute approximate surface area is 127 Å². The summed E-state index contributed by atoms with van der Waals surface area (Å²) >= 11 is 0. The molecule has 0 radical (unpaired) electrons. The predicted molar refractivity (Wildman–Crippen MR) is 85.9 cm³/mol. The summed E-state index contributed by atoms with van der Waals surface area (Å²) in [5.74, 6) is -0.447. The van der Waals surface area contributed by atoms with Gasteiger partial charge in [0, 0.05) is 0 Å². The fourth-order valence-electron chi connectivity index (χ4n) is 2.20. The van der Waals surface area contributed by atoms with Crippen LogP contribution in [0.4, 0.5) is 8.78 Å². The number of rotatable bonds is 10. The van der Waals surface area contributed by atoms with Crippen molar-refractivity contribution in [1.29, 1.82) is 0 Å². The molecule has 0 saturated heterocycles. The van der Waals surface area contributed by atoms with E-state index in [4.69, 9.17) is 0 Å². The molecule has 0 aliphatic carbocycles. The van der Waals surface area contributed by atoms with Crippen LogP contribution in [0, 0.1) is 0 Å². The van der Waals surface area contributed by atoms with Crippen LogP contribution in [0.1, 0.15) is 34.1 Å². The van der Waals surface area contributed by atoms with Gasteiger partial charge in [-0.1, -0.05) is 0 Å². The fraction of sp³-hybridized carbons (Fsp3) is 1.00. The second kappa shape index (κ2) is 7.62. The Balaban J connectivity index is 4.74. The molecular weight excluding hydrogens is 343 g/mol. The summed E-state index contributed by atoms with van der Waals surface area (Å²) in [4.78, 5) is 0. The van der Waals surface area contributed by atoms with Crippen molar-refractivity contribution in [3.63, 3.8) is 0 Å². The molecule has 0 amide bonds. The summed E-state index contributed by atoms with van der Waals surface area (Å²) in [6.45, 7) is 6.38. The summed E-state index contributed by atoms with van der Waals surface area (Å²) in [6, 6.07) is 0. The van der Waals surface area contributed by atoms with Crippen LogP contribution in [-0.4, -0.2) is 52.5 Å². The number of sulfonamides is 2. The third kappa shape index (κ3) is 6.42. The molecule has 10 heteroatoms. The molecule has 0 saturated carbocycles. The summed E-state index contributed by atoms with van der Waals surface area (Å²) in [5, 5.41) is -4.13. The van der Waals surface area contributed by atoms with Crippen LogP contribution in [-0.2, 0) is 20.0 Å². The summed E-state index contributed by atoms with van der Waals surface area (Å²) in [7, 11) is -11.0. The first-order chi connectivity index (χ1) is 9.35. The molecule has 0 unspecified atom stereocenters. The Hall–Kier alpha value is 0.150. The van der Waals surface area contributed by atoms with Gasteiger partial charge in [0.1, 0.15) is 0 Å². The molecule has 0 atom stereocenters. The van der Waals surface area contributed by atoms with Crippen molar-refractivity contribution in [3.8, 4) is 0 Å². The van der Waals surface area contributed by atoms with Crippen LogP contribution in [0.25, 0.3) is 0 Å². The monoisotopic (exact) mass is 369 g/mol. The maximum atomic E-state index is 12.8. The molecule has 1 N–H and O–H groups in total. The topological polar surface area (TPSA) is 80.3 Å². The second-order valence-corrected chi connectivity index (χ2v) is 15.0. The molecule has 0 rings (SSSR count). The van der Waals surface area contributed by atoms with Crippen molar-refractivity contribution < 1.29 is 25.6 Å². The molecule has 0 spiro atoms. The fourth-order valence-corrected chi connectivity index (χ4v) is 8.72. The van der Waals surface area contributed by atoms with Crippen LogP contribution in [0.3, 0.4) is 0 Å². The van der Waals surface area contributed by atoms with Crippen LogP contribution in [0.2, 0.25) is 0 Å². The average Bonchev–Trinajstić information content (AvgIpc) is 2.32. The molecule has 0 fully saturated rings. The molecule has 0 aromatic heterocycles. The maximum absolute atomic E-state index is 12.8. The van der Waals surface area contributed by atoms with E-state index in [-0.39, 0.29) is 6.92 Å². The molecule has 0 aliphatic heterocycles. The Bertz CT molecular complexity index is 517. The predicted octanol–water partition coefficient (Wildman–Crippen LogP) is 2.05. The molecule has 0 aromatic carbocycles. The van der Waals surface area contributed by atoms with E-state index in [1.54, 1.807) is 0 Å².